The van der Waals surface area contributed by atoms with Gasteiger partial charge in [-0.3, -0.25) is 9.89 Å². The molecule has 0 aromatic carbocycles. The van der Waals surface area contributed by atoms with Crippen LogP contribution in [-0.2, 0) is 9.47 Å². The Morgan fingerprint density at radius 1 is 1.13 bits per heavy atom. The van der Waals surface area contributed by atoms with Gasteiger partial charge in [-0.25, -0.2) is 0 Å². The zero-order valence-corrected chi connectivity index (χ0v) is 17.1. The maximum atomic E-state index is 5.54. The van der Waals surface area contributed by atoms with Crippen molar-refractivity contribution in [1.29, 1.82) is 0 Å². The maximum Gasteiger partial charge on any atom is 0.191 e. The average molecular weight is 442 g/mol. The van der Waals surface area contributed by atoms with Crippen molar-refractivity contribution in [1.82, 2.24) is 15.5 Å². The van der Waals surface area contributed by atoms with Crippen molar-refractivity contribution in [3.63, 3.8) is 0 Å². The van der Waals surface area contributed by atoms with E-state index in [4.69, 9.17) is 9.47 Å². The van der Waals surface area contributed by atoms with Crippen LogP contribution in [0.1, 0.15) is 33.1 Å². The predicted molar refractivity (Wildman–Crippen MR) is 107 cm³/mol. The van der Waals surface area contributed by atoms with E-state index in [1.165, 1.54) is 6.42 Å². The first kappa shape index (κ1) is 22.9. The fourth-order valence-corrected chi connectivity index (χ4v) is 2.24. The summed E-state index contributed by atoms with van der Waals surface area (Å²) in [6.45, 7) is 13.3. The van der Waals surface area contributed by atoms with Gasteiger partial charge < -0.3 is 20.1 Å². The molecule has 0 amide bonds. The van der Waals surface area contributed by atoms with Crippen molar-refractivity contribution in [3.05, 3.63) is 0 Å². The molecule has 138 valence electrons. The number of ether oxygens (including phenoxy) is 2. The number of rotatable bonds is 11. The summed E-state index contributed by atoms with van der Waals surface area (Å²) in [6.07, 6.45) is 3.40. The lowest BCUT2D eigenvalue weighted by Crippen LogP contribution is -2.39. The smallest absolute Gasteiger partial charge is 0.191 e. The largest absolute Gasteiger partial charge is 0.380 e. The second-order valence-corrected chi connectivity index (χ2v) is 5.46. The molecule has 1 rings (SSSR count). The molecule has 0 aromatic heterocycles. The van der Waals surface area contributed by atoms with Gasteiger partial charge >= 0.3 is 0 Å². The van der Waals surface area contributed by atoms with E-state index < -0.39 is 0 Å². The highest BCUT2D eigenvalue weighted by Gasteiger charge is 2.08. The number of nitrogens with zero attached hydrogens (tertiary/aromatic N) is 2. The molecule has 0 aliphatic carbocycles. The highest BCUT2D eigenvalue weighted by atomic mass is 127. The lowest BCUT2D eigenvalue weighted by Gasteiger charge is -2.26. The Balaban J connectivity index is 0.00000484. The summed E-state index contributed by atoms with van der Waals surface area (Å²) in [5, 5.41) is 6.59. The molecular formula is C16H35IN4O2. The van der Waals surface area contributed by atoms with Crippen LogP contribution in [0.3, 0.4) is 0 Å². The van der Waals surface area contributed by atoms with Gasteiger partial charge in [0, 0.05) is 45.9 Å². The van der Waals surface area contributed by atoms with Crippen LogP contribution in [0.2, 0.25) is 0 Å². The van der Waals surface area contributed by atoms with Gasteiger partial charge in [0.1, 0.15) is 0 Å². The molecule has 1 saturated heterocycles. The van der Waals surface area contributed by atoms with Crippen molar-refractivity contribution in [2.24, 2.45) is 4.99 Å². The van der Waals surface area contributed by atoms with Crippen molar-refractivity contribution in [3.8, 4) is 0 Å². The molecular weight excluding hydrogens is 407 g/mol. The lowest BCUT2D eigenvalue weighted by molar-refractivity contribution is 0.0377. The minimum atomic E-state index is 0. The highest BCUT2D eigenvalue weighted by molar-refractivity contribution is 14.0. The first-order valence-corrected chi connectivity index (χ1v) is 8.76. The number of morpholine rings is 1. The number of hydrogen-bond donors (Lipinski definition) is 2. The van der Waals surface area contributed by atoms with Crippen LogP contribution in [0.15, 0.2) is 4.99 Å². The van der Waals surface area contributed by atoms with Crippen molar-refractivity contribution in [2.45, 2.75) is 33.1 Å². The van der Waals surface area contributed by atoms with Gasteiger partial charge in [0.25, 0.3) is 0 Å². The van der Waals surface area contributed by atoms with Crippen LogP contribution in [0, 0.1) is 0 Å². The predicted octanol–water partition coefficient (Wildman–Crippen LogP) is 1.70. The summed E-state index contributed by atoms with van der Waals surface area (Å²) in [6, 6.07) is 0. The molecule has 0 unspecified atom stereocenters. The van der Waals surface area contributed by atoms with E-state index in [9.17, 15) is 0 Å². The third-order valence-corrected chi connectivity index (χ3v) is 3.53. The SMILES string of the molecule is CCCCOCCNC(=NCCCN1CCOCC1)NCC.I. The van der Waals surface area contributed by atoms with Crippen molar-refractivity contribution < 1.29 is 9.47 Å². The number of guanidine groups is 1. The standard InChI is InChI=1S/C16H34N4O2.HI/c1-3-5-12-21-13-8-19-16(17-4-2)18-7-6-9-20-10-14-22-15-11-20;/h3-15H2,1-2H3,(H2,17,18,19);1H. The van der Waals surface area contributed by atoms with Crippen molar-refractivity contribution >= 4 is 29.9 Å². The lowest BCUT2D eigenvalue weighted by atomic mass is 10.3. The van der Waals surface area contributed by atoms with Gasteiger partial charge in [-0.15, -0.1) is 24.0 Å². The molecule has 0 spiro atoms. The third kappa shape index (κ3) is 12.9. The van der Waals surface area contributed by atoms with Crippen molar-refractivity contribution in [2.75, 3.05) is 65.7 Å². The highest BCUT2D eigenvalue weighted by Crippen LogP contribution is 1.98. The second-order valence-electron chi connectivity index (χ2n) is 5.46. The zero-order valence-electron chi connectivity index (χ0n) is 14.8. The molecule has 1 heterocycles. The van der Waals surface area contributed by atoms with Gasteiger partial charge in [-0.1, -0.05) is 13.3 Å². The summed E-state index contributed by atoms with van der Waals surface area (Å²) < 4.78 is 10.9. The average Bonchev–Trinajstić information content (AvgIpc) is 2.55. The van der Waals surface area contributed by atoms with E-state index in [0.29, 0.717) is 0 Å². The van der Waals surface area contributed by atoms with E-state index in [1.54, 1.807) is 0 Å². The third-order valence-electron chi connectivity index (χ3n) is 3.53. The minimum absolute atomic E-state index is 0. The summed E-state index contributed by atoms with van der Waals surface area (Å²) in [7, 11) is 0. The Labute approximate surface area is 158 Å². The quantitative estimate of drug-likeness (QED) is 0.221. The molecule has 6 nitrogen and oxygen atoms in total. The molecule has 0 saturated carbocycles. The fraction of sp³-hybridized carbons (Fsp3) is 0.938. The van der Waals surface area contributed by atoms with Crippen LogP contribution in [-0.4, -0.2) is 76.6 Å². The van der Waals surface area contributed by atoms with Gasteiger partial charge in [-0.2, -0.15) is 0 Å². The summed E-state index contributed by atoms with van der Waals surface area (Å²) in [5.74, 6) is 0.892. The molecule has 2 N–H and O–H groups in total. The van der Waals surface area contributed by atoms with E-state index in [2.05, 4.69) is 34.4 Å². The van der Waals surface area contributed by atoms with E-state index >= 15 is 0 Å². The van der Waals surface area contributed by atoms with Crippen LogP contribution in [0.4, 0.5) is 0 Å². The molecule has 0 aromatic rings. The van der Waals surface area contributed by atoms with E-state index in [0.717, 1.165) is 84.5 Å². The molecule has 1 aliphatic rings. The Hall–Kier alpha value is -0.120. The monoisotopic (exact) mass is 442 g/mol. The maximum absolute atomic E-state index is 5.54. The summed E-state index contributed by atoms with van der Waals surface area (Å²) in [5.41, 5.74) is 0. The van der Waals surface area contributed by atoms with Gasteiger partial charge in [0.05, 0.1) is 19.8 Å². The Kier molecular flexibility index (Phi) is 16.6. The number of nitrogens with one attached hydrogen (secondary N) is 2. The topological polar surface area (TPSA) is 58.1 Å². The molecule has 1 aliphatic heterocycles. The molecule has 23 heavy (non-hydrogen) atoms. The zero-order chi connectivity index (χ0) is 15.9. The van der Waals surface area contributed by atoms with Crippen LogP contribution in [0.25, 0.3) is 0 Å². The summed E-state index contributed by atoms with van der Waals surface area (Å²) >= 11 is 0. The number of aliphatic imine (C=N–C) groups is 1. The normalized spacial score (nSPS) is 16.0. The Morgan fingerprint density at radius 2 is 1.91 bits per heavy atom. The first-order chi connectivity index (χ1) is 10.9. The van der Waals surface area contributed by atoms with Crippen LogP contribution < -0.4 is 10.6 Å². The molecule has 7 heteroatoms. The van der Waals surface area contributed by atoms with E-state index in [-0.39, 0.29) is 24.0 Å². The number of hydrogen-bond acceptors (Lipinski definition) is 4. The second kappa shape index (κ2) is 16.7. The minimum Gasteiger partial charge on any atom is -0.380 e. The molecule has 0 atom stereocenters. The van der Waals surface area contributed by atoms with Crippen LogP contribution >= 0.6 is 24.0 Å². The van der Waals surface area contributed by atoms with Gasteiger partial charge in [-0.05, 0) is 19.8 Å². The van der Waals surface area contributed by atoms with Crippen LogP contribution in [0.5, 0.6) is 0 Å². The Morgan fingerprint density at radius 3 is 2.61 bits per heavy atom. The molecule has 1 fully saturated rings. The number of unbranched alkanes of at least 4 members (excludes halogenated alkanes) is 1. The first-order valence-electron chi connectivity index (χ1n) is 8.76. The van der Waals surface area contributed by atoms with Gasteiger partial charge in [0.15, 0.2) is 5.96 Å². The fourth-order valence-electron chi connectivity index (χ4n) is 2.24. The summed E-state index contributed by atoms with van der Waals surface area (Å²) in [4.78, 5) is 7.06. The number of halogens is 1. The Bertz CT molecular complexity index is 287. The van der Waals surface area contributed by atoms with Gasteiger partial charge in [0.2, 0.25) is 0 Å². The van der Waals surface area contributed by atoms with E-state index in [1.807, 2.05) is 0 Å². The molecule has 0 radical (unpaired) electrons. The molecule has 0 bridgehead atoms.